The summed E-state index contributed by atoms with van der Waals surface area (Å²) in [5.74, 6) is -1.15. The molecule has 0 aliphatic rings. The highest BCUT2D eigenvalue weighted by Crippen LogP contribution is 2.20. The average molecular weight is 335 g/mol. The first-order valence-electron chi connectivity index (χ1n) is 6.99. The molecule has 0 saturated carbocycles. The maximum absolute atomic E-state index is 13.5. The Hall–Kier alpha value is -2.40. The molecule has 0 spiro atoms. The monoisotopic (exact) mass is 334 g/mol. The summed E-state index contributed by atoms with van der Waals surface area (Å²) in [6.45, 7) is -0.140. The number of carbonyl (C=O) groups excluding carboxylic acids is 2. The van der Waals surface area contributed by atoms with E-state index in [4.69, 9.17) is 11.6 Å². The van der Waals surface area contributed by atoms with Gasteiger partial charge < -0.3 is 10.2 Å². The fourth-order valence-corrected chi connectivity index (χ4v) is 2.18. The molecule has 2 aromatic rings. The average Bonchev–Trinajstić information content (AvgIpc) is 2.51. The largest absolute Gasteiger partial charge is 0.336 e. The number of amides is 2. The number of benzene rings is 2. The first-order chi connectivity index (χ1) is 11.0. The lowest BCUT2D eigenvalue weighted by molar-refractivity contribution is -0.132. The molecule has 0 heterocycles. The summed E-state index contributed by atoms with van der Waals surface area (Å²) in [6.07, 6.45) is -0.0947. The van der Waals surface area contributed by atoms with E-state index in [0.29, 0.717) is 16.3 Å². The second-order valence-electron chi connectivity index (χ2n) is 5.05. The van der Waals surface area contributed by atoms with Crippen molar-refractivity contribution in [2.75, 3.05) is 18.9 Å². The molecule has 0 aliphatic heterocycles. The number of carbonyl (C=O) groups is 2. The van der Waals surface area contributed by atoms with Crippen molar-refractivity contribution in [3.05, 3.63) is 64.9 Å². The second-order valence-corrected chi connectivity index (χ2v) is 5.45. The standard InChI is InChI=1S/C17H16ClFN2O2/c1-21(17(23)10-12-6-2-4-8-14(12)19)11-16(22)20-15-9-5-3-7-13(15)18/h2-9H,10-11H2,1H3,(H,20,22). The number of para-hydroxylation sites is 1. The number of halogens is 2. The van der Waals surface area contributed by atoms with Crippen LogP contribution in [0.1, 0.15) is 5.56 Å². The molecule has 6 heteroatoms. The van der Waals surface area contributed by atoms with Crippen LogP contribution in [-0.2, 0) is 16.0 Å². The molecule has 0 saturated heterocycles. The number of anilines is 1. The molecule has 2 rings (SSSR count). The minimum Gasteiger partial charge on any atom is -0.336 e. The van der Waals surface area contributed by atoms with Crippen LogP contribution in [-0.4, -0.2) is 30.3 Å². The van der Waals surface area contributed by atoms with Gasteiger partial charge in [-0.3, -0.25) is 9.59 Å². The summed E-state index contributed by atoms with van der Waals surface area (Å²) in [4.78, 5) is 25.3. The molecule has 0 aliphatic carbocycles. The van der Waals surface area contributed by atoms with E-state index in [2.05, 4.69) is 5.32 Å². The molecule has 0 aromatic heterocycles. The fraction of sp³-hybridized carbons (Fsp3) is 0.176. The zero-order chi connectivity index (χ0) is 16.8. The number of nitrogens with zero attached hydrogens (tertiary/aromatic N) is 1. The summed E-state index contributed by atoms with van der Waals surface area (Å²) in [5.41, 5.74) is 0.782. The summed E-state index contributed by atoms with van der Waals surface area (Å²) >= 11 is 5.96. The number of nitrogens with one attached hydrogen (secondary N) is 1. The van der Waals surface area contributed by atoms with Gasteiger partial charge in [0.15, 0.2) is 0 Å². The molecule has 0 radical (unpaired) electrons. The van der Waals surface area contributed by atoms with E-state index in [0.717, 1.165) is 0 Å². The van der Waals surface area contributed by atoms with Crippen LogP contribution < -0.4 is 5.32 Å². The van der Waals surface area contributed by atoms with Gasteiger partial charge in [0.05, 0.1) is 23.7 Å². The van der Waals surface area contributed by atoms with Crippen molar-refractivity contribution in [3.8, 4) is 0 Å². The summed E-state index contributed by atoms with van der Waals surface area (Å²) in [5, 5.41) is 3.05. The third kappa shape index (κ3) is 4.79. The van der Waals surface area contributed by atoms with Gasteiger partial charge in [0.25, 0.3) is 0 Å². The number of hydrogen-bond acceptors (Lipinski definition) is 2. The van der Waals surface area contributed by atoms with Crippen LogP contribution in [0.5, 0.6) is 0 Å². The SMILES string of the molecule is CN(CC(=O)Nc1ccccc1Cl)C(=O)Cc1ccccc1F. The lowest BCUT2D eigenvalue weighted by atomic mass is 10.1. The van der Waals surface area contributed by atoms with Crippen LogP contribution in [0.4, 0.5) is 10.1 Å². The highest BCUT2D eigenvalue weighted by Gasteiger charge is 2.15. The predicted octanol–water partition coefficient (Wildman–Crippen LogP) is 3.12. The van der Waals surface area contributed by atoms with E-state index in [9.17, 15) is 14.0 Å². The van der Waals surface area contributed by atoms with E-state index in [1.165, 1.54) is 18.0 Å². The quantitative estimate of drug-likeness (QED) is 0.913. The van der Waals surface area contributed by atoms with Crippen molar-refractivity contribution in [1.82, 2.24) is 4.90 Å². The molecule has 0 bridgehead atoms. The van der Waals surface area contributed by atoms with E-state index >= 15 is 0 Å². The van der Waals surface area contributed by atoms with Crippen LogP contribution in [0.25, 0.3) is 0 Å². The number of hydrogen-bond donors (Lipinski definition) is 1. The fourth-order valence-electron chi connectivity index (χ4n) is 2.00. The smallest absolute Gasteiger partial charge is 0.244 e. The number of rotatable bonds is 5. The Morgan fingerprint density at radius 2 is 1.78 bits per heavy atom. The zero-order valence-electron chi connectivity index (χ0n) is 12.6. The van der Waals surface area contributed by atoms with Crippen LogP contribution in [0.2, 0.25) is 5.02 Å². The summed E-state index contributed by atoms with van der Waals surface area (Å²) < 4.78 is 13.5. The lowest BCUT2D eigenvalue weighted by Crippen LogP contribution is -2.36. The first-order valence-corrected chi connectivity index (χ1v) is 7.37. The normalized spacial score (nSPS) is 10.2. The Balaban J connectivity index is 1.92. The Morgan fingerprint density at radius 1 is 1.13 bits per heavy atom. The minimum atomic E-state index is -0.435. The molecular weight excluding hydrogens is 319 g/mol. The van der Waals surface area contributed by atoms with E-state index < -0.39 is 5.82 Å². The van der Waals surface area contributed by atoms with Gasteiger partial charge >= 0.3 is 0 Å². The summed E-state index contributed by atoms with van der Waals surface area (Å²) in [6, 6.07) is 12.9. The minimum absolute atomic E-state index is 0.0947. The molecule has 120 valence electrons. The molecule has 1 N–H and O–H groups in total. The number of likely N-dealkylation sites (N-methyl/N-ethyl adjacent to an activating group) is 1. The van der Waals surface area contributed by atoms with Gasteiger partial charge in [-0.2, -0.15) is 0 Å². The van der Waals surface area contributed by atoms with Crippen molar-refractivity contribution in [1.29, 1.82) is 0 Å². The van der Waals surface area contributed by atoms with E-state index in [1.807, 2.05) is 0 Å². The van der Waals surface area contributed by atoms with E-state index in [1.54, 1.807) is 42.5 Å². The van der Waals surface area contributed by atoms with E-state index in [-0.39, 0.29) is 24.8 Å². The maximum Gasteiger partial charge on any atom is 0.244 e. The van der Waals surface area contributed by atoms with Crippen molar-refractivity contribution in [2.24, 2.45) is 0 Å². The van der Waals surface area contributed by atoms with Crippen molar-refractivity contribution < 1.29 is 14.0 Å². The van der Waals surface area contributed by atoms with Gasteiger partial charge in [-0.1, -0.05) is 41.9 Å². The summed E-state index contributed by atoms with van der Waals surface area (Å²) in [7, 11) is 1.50. The van der Waals surface area contributed by atoms with Gasteiger partial charge in [0.2, 0.25) is 11.8 Å². The first kappa shape index (κ1) is 17.0. The van der Waals surface area contributed by atoms with Crippen LogP contribution >= 0.6 is 11.6 Å². The second kappa shape index (κ2) is 7.74. The molecule has 23 heavy (non-hydrogen) atoms. The Kier molecular flexibility index (Phi) is 5.71. The molecule has 2 amide bonds. The highest BCUT2D eigenvalue weighted by molar-refractivity contribution is 6.33. The zero-order valence-corrected chi connectivity index (χ0v) is 13.3. The van der Waals surface area contributed by atoms with Crippen molar-refractivity contribution in [2.45, 2.75) is 6.42 Å². The van der Waals surface area contributed by atoms with Crippen molar-refractivity contribution in [3.63, 3.8) is 0 Å². The van der Waals surface area contributed by atoms with Crippen LogP contribution in [0, 0.1) is 5.82 Å². The Labute approximate surface area is 138 Å². The molecule has 0 unspecified atom stereocenters. The van der Waals surface area contributed by atoms with Crippen LogP contribution in [0.15, 0.2) is 48.5 Å². The Bertz CT molecular complexity index is 721. The predicted molar refractivity (Wildman–Crippen MR) is 87.8 cm³/mol. The topological polar surface area (TPSA) is 49.4 Å². The van der Waals surface area contributed by atoms with Gasteiger partial charge in [0, 0.05) is 7.05 Å². The van der Waals surface area contributed by atoms with Crippen LogP contribution in [0.3, 0.4) is 0 Å². The van der Waals surface area contributed by atoms with Crippen molar-refractivity contribution >= 4 is 29.1 Å². The highest BCUT2D eigenvalue weighted by atomic mass is 35.5. The molecule has 0 fully saturated rings. The maximum atomic E-state index is 13.5. The molecule has 4 nitrogen and oxygen atoms in total. The third-order valence-corrected chi connectivity index (χ3v) is 3.58. The molecule has 2 aromatic carbocycles. The lowest BCUT2D eigenvalue weighted by Gasteiger charge is -2.17. The molecular formula is C17H16ClFN2O2. The van der Waals surface area contributed by atoms with Gasteiger partial charge in [-0.15, -0.1) is 0 Å². The van der Waals surface area contributed by atoms with Gasteiger partial charge in [0.1, 0.15) is 5.82 Å². The Morgan fingerprint density at radius 3 is 2.48 bits per heavy atom. The molecule has 0 atom stereocenters. The van der Waals surface area contributed by atoms with Gasteiger partial charge in [-0.25, -0.2) is 4.39 Å². The van der Waals surface area contributed by atoms with Gasteiger partial charge in [-0.05, 0) is 23.8 Å². The third-order valence-electron chi connectivity index (χ3n) is 3.25.